The second-order valence-corrected chi connectivity index (χ2v) is 12.6. The molecule has 0 amide bonds. The van der Waals surface area contributed by atoms with Gasteiger partial charge >= 0.3 is 36.9 Å². The zero-order valence-corrected chi connectivity index (χ0v) is 27.5. The van der Waals surface area contributed by atoms with Crippen LogP contribution in [-0.4, -0.2) is 55.2 Å². The van der Waals surface area contributed by atoms with Gasteiger partial charge in [-0.1, -0.05) is 62.7 Å². The molecule has 0 aliphatic carbocycles. The molecule has 0 bridgehead atoms. The van der Waals surface area contributed by atoms with Crippen LogP contribution in [-0.2, 0) is 62.8 Å². The number of rotatable bonds is 3. The van der Waals surface area contributed by atoms with Crippen LogP contribution >= 0.6 is 0 Å². The fraction of sp³-hybridized carbons (Fsp3) is 0.423. The average Bonchev–Trinajstić information content (AvgIpc) is 3.46. The molecule has 1 fully saturated rings. The van der Waals surface area contributed by atoms with E-state index in [1.807, 2.05) is 48.5 Å². The molecule has 0 atom stereocenters. The van der Waals surface area contributed by atoms with E-state index in [-0.39, 0.29) is 37.0 Å². The summed E-state index contributed by atoms with van der Waals surface area (Å²) in [5, 5.41) is 17.1. The number of nitrogens with one attached hydrogen (secondary N) is 1. The summed E-state index contributed by atoms with van der Waals surface area (Å²) in [6.45, 7) is 8.69. The summed E-state index contributed by atoms with van der Waals surface area (Å²) in [5.74, 6) is 0.126. The van der Waals surface area contributed by atoms with Crippen molar-refractivity contribution in [3.63, 3.8) is 0 Å². The van der Waals surface area contributed by atoms with Crippen LogP contribution in [0.5, 0.6) is 5.75 Å². The first-order valence-electron chi connectivity index (χ1n) is 12.5. The van der Waals surface area contributed by atoms with Crippen LogP contribution in [0.4, 0.5) is 32.0 Å². The minimum atomic E-state index is -6.09. The van der Waals surface area contributed by atoms with Crippen LogP contribution in [0.1, 0.15) is 44.7 Å². The van der Waals surface area contributed by atoms with Crippen LogP contribution in [0, 0.1) is 0 Å². The normalized spacial score (nSPS) is 13.6. The molecule has 4 rings (SSSR count). The van der Waals surface area contributed by atoms with E-state index in [2.05, 4.69) is 31.1 Å². The zero-order valence-electron chi connectivity index (χ0n) is 24.1. The summed E-state index contributed by atoms with van der Waals surface area (Å²) >= 11 is 0. The third kappa shape index (κ3) is 14.8. The fourth-order valence-corrected chi connectivity index (χ4v) is 3.26. The summed E-state index contributed by atoms with van der Waals surface area (Å²) in [6.07, 6.45) is 4.34. The molecular weight excluding hydrogens is 691 g/mol. The Hall–Kier alpha value is -2.32. The molecule has 0 unspecified atom stereocenters. The van der Waals surface area contributed by atoms with Crippen LogP contribution < -0.4 is 10.4 Å². The van der Waals surface area contributed by atoms with E-state index in [0.29, 0.717) is 6.54 Å². The summed E-state index contributed by atoms with van der Waals surface area (Å²) in [7, 11) is -12.2. The number of anilines is 1. The van der Waals surface area contributed by atoms with Gasteiger partial charge in [0.15, 0.2) is 20.2 Å². The Labute approximate surface area is 275 Å². The average molecular weight is 721 g/mol. The van der Waals surface area contributed by atoms with Gasteiger partial charge in [0.2, 0.25) is 0 Å². The molecule has 45 heavy (non-hydrogen) atoms. The minimum Gasteiger partial charge on any atom is -0.872 e. The third-order valence-corrected chi connectivity index (χ3v) is 6.53. The summed E-state index contributed by atoms with van der Waals surface area (Å²) in [5.41, 5.74) is -7.93. The standard InChI is InChI=1S/C20H22N2O.C4H8O.2CHF3O3S.Sc/c1-20(2,3)16-10-4-8-15(19(16)23)13-22-17-11-5-7-14-9-6-12-21-18(14)17;1-2-4-5-3-1;2*2-1(3,4)8(5,6)7;/h4-12,22-23H,13H2,1-3H3;1-4H2;2*(H,5,6,7);/q;;;;+3/p-3. The number of alkyl halides is 6. The van der Waals surface area contributed by atoms with E-state index in [9.17, 15) is 31.4 Å². The molecule has 1 aliphatic rings. The molecule has 2 aromatic carbocycles. The van der Waals surface area contributed by atoms with Gasteiger partial charge in [-0.05, 0) is 36.0 Å². The number of pyridine rings is 1. The number of ether oxygens (including phenoxy) is 1. The zero-order chi connectivity index (χ0) is 34.0. The van der Waals surface area contributed by atoms with Gasteiger partial charge in [0.1, 0.15) is 0 Å². The number of hydrogen-bond acceptors (Lipinski definition) is 10. The smallest absolute Gasteiger partial charge is 0.872 e. The molecule has 1 N–H and O–H groups in total. The first-order valence-corrected chi connectivity index (χ1v) is 15.3. The van der Waals surface area contributed by atoms with Gasteiger partial charge in [-0.2, -0.15) is 26.3 Å². The molecule has 19 heteroatoms. The van der Waals surface area contributed by atoms with Crippen molar-refractivity contribution in [2.45, 2.75) is 56.6 Å². The second kappa shape index (κ2) is 17.6. The van der Waals surface area contributed by atoms with Gasteiger partial charge in [0.25, 0.3) is 0 Å². The largest absolute Gasteiger partial charge is 3.00 e. The number of para-hydroxylation sites is 2. The van der Waals surface area contributed by atoms with Crippen molar-refractivity contribution in [1.29, 1.82) is 0 Å². The summed E-state index contributed by atoms with van der Waals surface area (Å²) < 4.78 is 123. The molecule has 3 aromatic rings. The van der Waals surface area contributed by atoms with Crippen molar-refractivity contribution in [2.75, 3.05) is 18.5 Å². The van der Waals surface area contributed by atoms with E-state index < -0.39 is 31.3 Å². The van der Waals surface area contributed by atoms with Crippen molar-refractivity contribution < 1.29 is 88.0 Å². The first-order chi connectivity index (χ1) is 20.0. The predicted octanol–water partition coefficient (Wildman–Crippen LogP) is 5.12. The van der Waals surface area contributed by atoms with Gasteiger partial charge in [-0.15, -0.1) is 5.75 Å². The van der Waals surface area contributed by atoms with Crippen LogP contribution in [0.25, 0.3) is 10.9 Å². The second-order valence-electron chi connectivity index (χ2n) is 9.90. The van der Waals surface area contributed by atoms with Gasteiger partial charge in [0.05, 0.1) is 11.2 Å². The van der Waals surface area contributed by atoms with E-state index in [4.69, 9.17) is 30.7 Å². The number of fused-ring (bicyclic) bond motifs is 1. The number of aromatic nitrogens is 1. The van der Waals surface area contributed by atoms with Gasteiger partial charge in [-0.3, -0.25) is 4.98 Å². The minimum absolute atomic E-state index is 0. The molecule has 0 radical (unpaired) electrons. The Balaban J connectivity index is 0.000000721. The summed E-state index contributed by atoms with van der Waals surface area (Å²) in [4.78, 5) is 4.43. The molecule has 1 aliphatic heterocycles. The van der Waals surface area contributed by atoms with E-state index >= 15 is 0 Å². The van der Waals surface area contributed by atoms with Crippen molar-refractivity contribution >= 4 is 36.8 Å². The van der Waals surface area contributed by atoms with Gasteiger partial charge in [-0.25, -0.2) is 16.8 Å². The maximum Gasteiger partial charge on any atom is 3.00 e. The van der Waals surface area contributed by atoms with Crippen molar-refractivity contribution in [3.05, 3.63) is 65.9 Å². The molecule has 1 aromatic heterocycles. The Kier molecular flexibility index (Phi) is 16.7. The number of halogens is 6. The van der Waals surface area contributed by atoms with E-state index in [0.717, 1.165) is 40.9 Å². The number of benzene rings is 2. The van der Waals surface area contributed by atoms with Crippen LogP contribution in [0.2, 0.25) is 0 Å². The monoisotopic (exact) mass is 720 g/mol. The number of hydrogen-bond donors (Lipinski definition) is 1. The SMILES string of the molecule is C1CCOC1.CC(C)(C)c1cccc(CNc2cccc3cccnc23)c1[O-].O=S(=O)([O-])C(F)(F)F.O=S(=O)([O-])C(F)(F)F.[Sc+3]. The molecule has 0 saturated carbocycles. The Morgan fingerprint density at radius 1 is 0.822 bits per heavy atom. The van der Waals surface area contributed by atoms with Crippen molar-refractivity contribution in [2.24, 2.45) is 0 Å². The molecule has 10 nitrogen and oxygen atoms in total. The van der Waals surface area contributed by atoms with E-state index in [1.54, 1.807) is 6.20 Å². The molecule has 1 saturated heterocycles. The van der Waals surface area contributed by atoms with Crippen molar-refractivity contribution in [3.8, 4) is 5.75 Å². The van der Waals surface area contributed by atoms with Gasteiger partial charge in [0, 0.05) is 31.3 Å². The Morgan fingerprint density at radius 2 is 1.29 bits per heavy atom. The fourth-order valence-electron chi connectivity index (χ4n) is 3.26. The Bertz CT molecular complexity index is 1520. The molecular formula is C26H29F6N2O8S2Sc. The maximum atomic E-state index is 12.6. The first kappa shape index (κ1) is 42.7. The molecule has 0 spiro atoms. The van der Waals surface area contributed by atoms with E-state index in [1.165, 1.54) is 12.8 Å². The summed E-state index contributed by atoms with van der Waals surface area (Å²) in [6, 6.07) is 15.8. The third-order valence-electron chi connectivity index (χ3n) is 5.40. The predicted molar refractivity (Wildman–Crippen MR) is 145 cm³/mol. The van der Waals surface area contributed by atoms with Crippen LogP contribution in [0.15, 0.2) is 54.7 Å². The topological polar surface area (TPSA) is 172 Å². The van der Waals surface area contributed by atoms with Crippen LogP contribution in [0.3, 0.4) is 0 Å². The van der Waals surface area contributed by atoms with Gasteiger partial charge < -0.3 is 24.3 Å². The Morgan fingerprint density at radius 3 is 1.71 bits per heavy atom. The molecule has 248 valence electrons. The number of nitrogens with zero attached hydrogens (tertiary/aromatic N) is 1. The molecule has 2 heterocycles. The maximum absolute atomic E-state index is 12.6. The quantitative estimate of drug-likeness (QED) is 0.218. The van der Waals surface area contributed by atoms with Crippen molar-refractivity contribution in [1.82, 2.24) is 4.98 Å².